The zero-order valence-electron chi connectivity index (χ0n) is 48.8. The second kappa shape index (κ2) is 44.5. The molecular weight excluding hydrogens is 1030 g/mol. The van der Waals surface area contributed by atoms with E-state index in [1.165, 1.54) is 89.9 Å². The number of hydrogen-bond donors (Lipinski definition) is 12. The number of ether oxygens (including phenoxy) is 6. The van der Waals surface area contributed by atoms with Crippen molar-refractivity contribution < 1.29 is 89.4 Å². The first kappa shape index (κ1) is 72.3. The number of allylic oxidation sites excluding steroid dienone is 6. The van der Waals surface area contributed by atoms with Gasteiger partial charge in [-0.1, -0.05) is 198 Å². The minimum absolute atomic E-state index is 0.253. The number of hydrogen-bond acceptors (Lipinski definition) is 18. The van der Waals surface area contributed by atoms with E-state index < -0.39 is 124 Å². The molecule has 17 atom stereocenters. The van der Waals surface area contributed by atoms with Crippen LogP contribution in [0.25, 0.3) is 0 Å². The van der Waals surface area contributed by atoms with E-state index in [0.717, 1.165) is 89.9 Å². The molecule has 12 N–H and O–H groups in total. The summed E-state index contributed by atoms with van der Waals surface area (Å²) in [4.78, 5) is 13.4. The quantitative estimate of drug-likeness (QED) is 0.0242. The van der Waals surface area contributed by atoms with E-state index >= 15 is 0 Å². The van der Waals surface area contributed by atoms with Crippen LogP contribution in [0.1, 0.15) is 213 Å². The van der Waals surface area contributed by atoms with Gasteiger partial charge in [0.15, 0.2) is 18.9 Å². The van der Waals surface area contributed by atoms with E-state index in [1.54, 1.807) is 0 Å². The summed E-state index contributed by atoms with van der Waals surface area (Å²) in [7, 11) is 0. The van der Waals surface area contributed by atoms with Crippen molar-refractivity contribution >= 4 is 5.91 Å². The molecule has 0 aliphatic carbocycles. The molecule has 3 rings (SSSR count). The Morgan fingerprint density at radius 2 is 0.863 bits per heavy atom. The van der Waals surface area contributed by atoms with Crippen LogP contribution in [0.15, 0.2) is 36.5 Å². The highest BCUT2D eigenvalue weighted by atomic mass is 16.8. The van der Waals surface area contributed by atoms with Crippen LogP contribution in [0.5, 0.6) is 0 Å². The van der Waals surface area contributed by atoms with Crippen molar-refractivity contribution in [2.45, 2.75) is 317 Å². The number of aliphatic hydroxyl groups excluding tert-OH is 11. The van der Waals surface area contributed by atoms with Gasteiger partial charge in [-0.2, -0.15) is 0 Å². The number of rotatable bonds is 46. The third-order valence-corrected chi connectivity index (χ3v) is 15.7. The van der Waals surface area contributed by atoms with Crippen molar-refractivity contribution in [3.63, 3.8) is 0 Å². The first-order valence-corrected chi connectivity index (χ1v) is 31.2. The zero-order valence-corrected chi connectivity index (χ0v) is 48.8. The van der Waals surface area contributed by atoms with Gasteiger partial charge >= 0.3 is 0 Å². The van der Waals surface area contributed by atoms with Crippen LogP contribution < -0.4 is 5.32 Å². The molecule has 3 aliphatic rings. The average molecular weight is 1150 g/mol. The van der Waals surface area contributed by atoms with Crippen LogP contribution in [0.4, 0.5) is 0 Å². The van der Waals surface area contributed by atoms with E-state index in [-0.39, 0.29) is 18.9 Å². The number of carbonyl (C=O) groups is 1. The molecule has 19 nitrogen and oxygen atoms in total. The summed E-state index contributed by atoms with van der Waals surface area (Å²) in [5, 5.41) is 120. The van der Waals surface area contributed by atoms with Crippen LogP contribution in [0, 0.1) is 0 Å². The number of carbonyl (C=O) groups excluding carboxylic acids is 1. The minimum atomic E-state index is -1.97. The van der Waals surface area contributed by atoms with E-state index in [0.29, 0.717) is 12.8 Å². The predicted molar refractivity (Wildman–Crippen MR) is 305 cm³/mol. The highest BCUT2D eigenvalue weighted by Gasteiger charge is 2.53. The molecule has 3 aliphatic heterocycles. The van der Waals surface area contributed by atoms with Gasteiger partial charge in [0.05, 0.1) is 38.6 Å². The summed E-state index contributed by atoms with van der Waals surface area (Å²) in [6, 6.07) is -0.892. The summed E-state index contributed by atoms with van der Waals surface area (Å²) < 4.78 is 34.3. The lowest BCUT2D eigenvalue weighted by molar-refractivity contribution is -0.379. The lowest BCUT2D eigenvalue weighted by Crippen LogP contribution is -2.66. The molecule has 0 bridgehead atoms. The largest absolute Gasteiger partial charge is 0.394 e. The van der Waals surface area contributed by atoms with Gasteiger partial charge < -0.3 is 89.9 Å². The SMILES string of the molecule is CC/C=C\C/C=C\C/C=C\CCCCCCCCCC(=O)NC(COC1OC(CO)C(OC2OC(CO)C(OC3OC(CO)C(O)C(O)C3O)C(O)C2O)C(O)C1O)C(O)CCCCCCCCCCCCCCCCCCCC. The smallest absolute Gasteiger partial charge is 0.220 e. The fraction of sp³-hybridized carbons (Fsp3) is 0.885. The molecule has 1 amide bonds. The fourth-order valence-electron chi connectivity index (χ4n) is 10.6. The number of nitrogens with one attached hydrogen (secondary N) is 1. The molecule has 3 saturated heterocycles. The van der Waals surface area contributed by atoms with Crippen molar-refractivity contribution in [3.8, 4) is 0 Å². The molecule has 80 heavy (non-hydrogen) atoms. The topological polar surface area (TPSA) is 307 Å². The van der Waals surface area contributed by atoms with Gasteiger partial charge in [-0.15, -0.1) is 0 Å². The lowest BCUT2D eigenvalue weighted by atomic mass is 9.96. The first-order chi connectivity index (χ1) is 38.8. The molecule has 0 aromatic carbocycles. The Morgan fingerprint density at radius 1 is 0.463 bits per heavy atom. The van der Waals surface area contributed by atoms with E-state index in [4.69, 9.17) is 28.4 Å². The summed E-state index contributed by atoms with van der Waals surface area (Å²) in [6.45, 7) is 1.68. The molecule has 17 unspecified atom stereocenters. The van der Waals surface area contributed by atoms with Crippen molar-refractivity contribution in [1.29, 1.82) is 0 Å². The second-order valence-corrected chi connectivity index (χ2v) is 22.5. The molecular formula is C61H111NO18. The Balaban J connectivity index is 1.49. The molecule has 0 saturated carbocycles. The van der Waals surface area contributed by atoms with Crippen LogP contribution >= 0.6 is 0 Å². The van der Waals surface area contributed by atoms with Crippen molar-refractivity contribution in [2.75, 3.05) is 26.4 Å². The minimum Gasteiger partial charge on any atom is -0.394 e. The van der Waals surface area contributed by atoms with Crippen LogP contribution in [0.3, 0.4) is 0 Å². The Bertz CT molecular complexity index is 1600. The van der Waals surface area contributed by atoms with Gasteiger partial charge in [0.2, 0.25) is 5.91 Å². The monoisotopic (exact) mass is 1150 g/mol. The predicted octanol–water partition coefficient (Wildman–Crippen LogP) is 6.10. The van der Waals surface area contributed by atoms with Gasteiger partial charge in [-0.3, -0.25) is 4.79 Å². The van der Waals surface area contributed by atoms with Crippen LogP contribution in [-0.2, 0) is 33.2 Å². The second-order valence-electron chi connectivity index (χ2n) is 22.5. The average Bonchev–Trinajstić information content (AvgIpc) is 3.50. The van der Waals surface area contributed by atoms with Gasteiger partial charge in [0.25, 0.3) is 0 Å². The van der Waals surface area contributed by atoms with Crippen molar-refractivity contribution in [1.82, 2.24) is 5.32 Å². The molecule has 3 fully saturated rings. The summed E-state index contributed by atoms with van der Waals surface area (Å²) in [5.74, 6) is -0.253. The zero-order chi connectivity index (χ0) is 58.3. The molecule has 3 heterocycles. The number of aliphatic hydroxyl groups is 11. The summed E-state index contributed by atoms with van der Waals surface area (Å²) in [5.41, 5.74) is 0. The van der Waals surface area contributed by atoms with E-state index in [1.807, 2.05) is 0 Å². The molecule has 0 radical (unpaired) electrons. The van der Waals surface area contributed by atoms with E-state index in [9.17, 15) is 61.0 Å². The molecule has 19 heteroatoms. The Kier molecular flexibility index (Phi) is 40.2. The van der Waals surface area contributed by atoms with Crippen LogP contribution in [-0.4, -0.2) is 193 Å². The number of amides is 1. The van der Waals surface area contributed by atoms with Crippen molar-refractivity contribution in [3.05, 3.63) is 36.5 Å². The highest BCUT2D eigenvalue weighted by molar-refractivity contribution is 5.76. The van der Waals surface area contributed by atoms with Gasteiger partial charge in [0, 0.05) is 6.42 Å². The Hall–Kier alpha value is -1.99. The Morgan fingerprint density at radius 3 is 1.35 bits per heavy atom. The number of unbranched alkanes of at least 4 members (excludes halogenated alkanes) is 24. The normalized spacial score (nSPS) is 30.2. The van der Waals surface area contributed by atoms with Gasteiger partial charge in [-0.05, 0) is 44.9 Å². The molecule has 0 aromatic rings. The maximum atomic E-state index is 13.4. The highest BCUT2D eigenvalue weighted by Crippen LogP contribution is 2.33. The molecule has 0 aromatic heterocycles. The van der Waals surface area contributed by atoms with Crippen LogP contribution in [0.2, 0.25) is 0 Å². The molecule has 0 spiro atoms. The summed E-state index contributed by atoms with van der Waals surface area (Å²) >= 11 is 0. The first-order valence-electron chi connectivity index (χ1n) is 31.2. The third-order valence-electron chi connectivity index (χ3n) is 15.7. The van der Waals surface area contributed by atoms with Gasteiger partial charge in [0.1, 0.15) is 73.2 Å². The van der Waals surface area contributed by atoms with Gasteiger partial charge in [-0.25, -0.2) is 0 Å². The fourth-order valence-corrected chi connectivity index (χ4v) is 10.6. The van der Waals surface area contributed by atoms with Crippen molar-refractivity contribution in [2.24, 2.45) is 0 Å². The summed E-state index contributed by atoms with van der Waals surface area (Å²) in [6.07, 6.45) is 20.8. The molecule has 468 valence electrons. The standard InChI is InChI=1S/C61H111NO18/c1-3-5-7-9-11-13-15-17-19-21-23-24-26-28-30-32-34-36-38-45(66)44(62-49(67)39-37-35-33-31-29-27-25-22-20-18-16-14-12-10-8-6-4-2)43-75-59-55(73)52(70)57(47(41-64)77-59)80-61-56(74)53(71)58(48(42-65)78-61)79-60-54(72)51(69)50(68)46(40-63)76-60/h6,8,12,14,18,20,44-48,50-61,63-66,68-74H,3-5,7,9-11,13,15-17,19,21-43H2,1-2H3,(H,62,67)/b8-6-,14-12-,20-18-. The van der Waals surface area contributed by atoms with E-state index in [2.05, 4.69) is 55.6 Å². The maximum Gasteiger partial charge on any atom is 0.220 e. The maximum absolute atomic E-state index is 13.4. The lowest BCUT2D eigenvalue weighted by Gasteiger charge is -2.48. The Labute approximate surface area is 479 Å². The third kappa shape index (κ3) is 27.8.